The second kappa shape index (κ2) is 5.78. The van der Waals surface area contributed by atoms with Crippen molar-refractivity contribution in [3.8, 4) is 0 Å². The summed E-state index contributed by atoms with van der Waals surface area (Å²) >= 11 is 3.29. The van der Waals surface area contributed by atoms with Crippen LogP contribution in [0.15, 0.2) is 57.9 Å². The molecule has 0 unspecified atom stereocenters. The third-order valence-corrected chi connectivity index (χ3v) is 5.34. The van der Waals surface area contributed by atoms with Crippen LogP contribution in [0, 0.1) is 13.5 Å². The van der Waals surface area contributed by atoms with Crippen LogP contribution in [-0.2, 0) is 9.84 Å². The van der Waals surface area contributed by atoms with Crippen molar-refractivity contribution in [2.24, 2.45) is 0 Å². The van der Waals surface area contributed by atoms with E-state index in [9.17, 15) is 8.42 Å². The molecule has 20 heavy (non-hydrogen) atoms. The average Bonchev–Trinajstić information content (AvgIpc) is 2.42. The van der Waals surface area contributed by atoms with Gasteiger partial charge < -0.3 is 0 Å². The Balaban J connectivity index is 2.48. The molecule has 0 aliphatic heterocycles. The molecule has 2 rings (SSSR count). The van der Waals surface area contributed by atoms with Crippen molar-refractivity contribution in [2.75, 3.05) is 0 Å². The van der Waals surface area contributed by atoms with Gasteiger partial charge in [0.05, 0.1) is 10.5 Å². The van der Waals surface area contributed by atoms with E-state index in [0.717, 1.165) is 10.0 Å². The maximum absolute atomic E-state index is 12.5. The predicted octanol–water partition coefficient (Wildman–Crippen LogP) is 4.15. The minimum atomic E-state index is -3.70. The molecule has 0 radical (unpaired) electrons. The Hall–Kier alpha value is -1.64. The Bertz CT molecular complexity index is 744. The van der Waals surface area contributed by atoms with Crippen molar-refractivity contribution in [1.29, 1.82) is 0 Å². The van der Waals surface area contributed by atoms with E-state index >= 15 is 0 Å². The van der Waals surface area contributed by atoms with Gasteiger partial charge in [0.2, 0.25) is 0 Å². The lowest BCUT2D eigenvalue weighted by atomic mass is 10.2. The van der Waals surface area contributed by atoms with Gasteiger partial charge in [-0.3, -0.25) is 4.85 Å². The Morgan fingerprint density at radius 2 is 1.60 bits per heavy atom. The second-order valence-corrected chi connectivity index (χ2v) is 7.31. The molecule has 0 bridgehead atoms. The largest absolute Gasteiger partial charge is 0.350 e. The highest BCUT2D eigenvalue weighted by Gasteiger charge is 2.34. The molecule has 2 aromatic rings. The molecule has 1 atom stereocenters. The van der Waals surface area contributed by atoms with E-state index in [1.807, 2.05) is 6.92 Å². The van der Waals surface area contributed by atoms with Gasteiger partial charge in [0.25, 0.3) is 9.84 Å². The number of benzene rings is 2. The number of nitrogens with zero attached hydrogens (tertiary/aromatic N) is 1. The maximum atomic E-state index is 12.5. The van der Waals surface area contributed by atoms with Gasteiger partial charge in [-0.2, -0.15) is 0 Å². The van der Waals surface area contributed by atoms with Crippen LogP contribution in [0.4, 0.5) is 0 Å². The van der Waals surface area contributed by atoms with Crippen molar-refractivity contribution in [1.82, 2.24) is 0 Å². The fraction of sp³-hybridized carbons (Fsp3) is 0.133. The smallest absolute Gasteiger partial charge is 0.291 e. The second-order valence-electron chi connectivity index (χ2n) is 4.39. The first-order valence-electron chi connectivity index (χ1n) is 5.88. The van der Waals surface area contributed by atoms with Crippen molar-refractivity contribution < 1.29 is 8.42 Å². The summed E-state index contributed by atoms with van der Waals surface area (Å²) in [6, 6.07) is 13.3. The lowest BCUT2D eigenvalue weighted by Crippen LogP contribution is -2.10. The van der Waals surface area contributed by atoms with Gasteiger partial charge in [-0.15, -0.1) is 0 Å². The molecule has 5 heteroatoms. The van der Waals surface area contributed by atoms with Crippen LogP contribution in [0.25, 0.3) is 4.85 Å². The highest BCUT2D eigenvalue weighted by Crippen LogP contribution is 2.31. The lowest BCUT2D eigenvalue weighted by Gasteiger charge is -2.08. The van der Waals surface area contributed by atoms with E-state index in [1.54, 1.807) is 48.5 Å². The Labute approximate surface area is 127 Å². The summed E-state index contributed by atoms with van der Waals surface area (Å²) in [5, 5.41) is -1.21. The van der Waals surface area contributed by atoms with Crippen LogP contribution in [0.1, 0.15) is 16.5 Å². The molecule has 3 nitrogen and oxygen atoms in total. The van der Waals surface area contributed by atoms with Crippen LogP contribution >= 0.6 is 15.9 Å². The van der Waals surface area contributed by atoms with Crippen LogP contribution in [0.5, 0.6) is 0 Å². The molecule has 0 fully saturated rings. The van der Waals surface area contributed by atoms with E-state index in [4.69, 9.17) is 6.57 Å². The summed E-state index contributed by atoms with van der Waals surface area (Å²) in [4.78, 5) is 3.48. The van der Waals surface area contributed by atoms with Gasteiger partial charge in [0, 0.05) is 4.47 Å². The van der Waals surface area contributed by atoms with E-state index in [1.165, 1.54) is 0 Å². The molecule has 0 amide bonds. The SMILES string of the molecule is [C-]#[N+][C@H](c1ccc(Br)cc1)S(=O)(=O)c1ccc(C)cc1. The maximum Gasteiger partial charge on any atom is 0.350 e. The van der Waals surface area contributed by atoms with Gasteiger partial charge in [0.15, 0.2) is 0 Å². The Kier molecular flexibility index (Phi) is 4.26. The van der Waals surface area contributed by atoms with Crippen molar-refractivity contribution >= 4 is 25.8 Å². The molecule has 0 aliphatic rings. The normalized spacial score (nSPS) is 12.7. The van der Waals surface area contributed by atoms with Crippen LogP contribution in [0.2, 0.25) is 0 Å². The average molecular weight is 350 g/mol. The number of aryl methyl sites for hydroxylation is 1. The zero-order valence-electron chi connectivity index (χ0n) is 10.7. The number of halogens is 1. The predicted molar refractivity (Wildman–Crippen MR) is 81.8 cm³/mol. The Morgan fingerprint density at radius 3 is 2.10 bits per heavy atom. The van der Waals surface area contributed by atoms with Gasteiger partial charge in [-0.1, -0.05) is 33.6 Å². The summed E-state index contributed by atoms with van der Waals surface area (Å²) in [7, 11) is -3.70. The number of hydrogen-bond acceptors (Lipinski definition) is 2. The minimum absolute atomic E-state index is 0.173. The topological polar surface area (TPSA) is 38.5 Å². The standard InChI is InChI=1S/C15H12BrNO2S/c1-11-3-9-14(10-4-11)20(18,19)15(17-2)12-5-7-13(16)8-6-12/h3-10,15H,1H3/t15-/m0/s1. The van der Waals surface area contributed by atoms with Gasteiger partial charge in [0.1, 0.15) is 0 Å². The fourth-order valence-electron chi connectivity index (χ4n) is 1.81. The molecule has 0 saturated heterocycles. The highest BCUT2D eigenvalue weighted by molar-refractivity contribution is 9.10. The molecule has 2 aromatic carbocycles. The van der Waals surface area contributed by atoms with Crippen molar-refractivity contribution in [2.45, 2.75) is 17.2 Å². The van der Waals surface area contributed by atoms with Gasteiger partial charge >= 0.3 is 5.37 Å². The minimum Gasteiger partial charge on any atom is -0.291 e. The zero-order chi connectivity index (χ0) is 14.8. The van der Waals surface area contributed by atoms with E-state index in [-0.39, 0.29) is 4.90 Å². The summed E-state index contributed by atoms with van der Waals surface area (Å²) in [5.41, 5.74) is 1.45. The molecule has 0 heterocycles. The number of rotatable bonds is 3. The first kappa shape index (κ1) is 14.8. The molecular weight excluding hydrogens is 338 g/mol. The van der Waals surface area contributed by atoms with E-state index in [2.05, 4.69) is 20.8 Å². The zero-order valence-corrected chi connectivity index (χ0v) is 13.1. The molecule has 0 N–H and O–H groups in total. The Morgan fingerprint density at radius 1 is 1.05 bits per heavy atom. The van der Waals surface area contributed by atoms with Crippen molar-refractivity contribution in [3.63, 3.8) is 0 Å². The van der Waals surface area contributed by atoms with Crippen LogP contribution in [-0.4, -0.2) is 8.42 Å². The number of sulfone groups is 1. The summed E-state index contributed by atoms with van der Waals surface area (Å²) < 4.78 is 25.9. The lowest BCUT2D eigenvalue weighted by molar-refractivity contribution is 0.590. The quantitative estimate of drug-likeness (QED) is 0.780. The summed E-state index contributed by atoms with van der Waals surface area (Å²) in [5.74, 6) is 0. The van der Waals surface area contributed by atoms with Gasteiger partial charge in [-0.25, -0.2) is 15.0 Å². The first-order valence-corrected chi connectivity index (χ1v) is 8.21. The molecule has 0 saturated carbocycles. The van der Waals surface area contributed by atoms with E-state index < -0.39 is 15.2 Å². The summed E-state index contributed by atoms with van der Waals surface area (Å²) in [6.45, 7) is 9.12. The van der Waals surface area contributed by atoms with Crippen molar-refractivity contribution in [3.05, 3.63) is 75.5 Å². The van der Waals surface area contributed by atoms with Crippen LogP contribution in [0.3, 0.4) is 0 Å². The van der Waals surface area contributed by atoms with Gasteiger partial charge in [-0.05, 0) is 43.3 Å². The molecule has 0 spiro atoms. The first-order chi connectivity index (χ1) is 9.45. The number of hydrogen-bond donors (Lipinski definition) is 0. The highest BCUT2D eigenvalue weighted by atomic mass is 79.9. The summed E-state index contributed by atoms with van der Waals surface area (Å²) in [6.07, 6.45) is 0. The van der Waals surface area contributed by atoms with Crippen LogP contribution < -0.4 is 0 Å². The third-order valence-electron chi connectivity index (χ3n) is 2.92. The molecule has 0 aromatic heterocycles. The molecular formula is C15H12BrNO2S. The molecule has 0 aliphatic carbocycles. The van der Waals surface area contributed by atoms with E-state index in [0.29, 0.717) is 5.56 Å². The monoisotopic (exact) mass is 349 g/mol. The molecule has 102 valence electrons. The fourth-order valence-corrected chi connectivity index (χ4v) is 3.50. The third kappa shape index (κ3) is 2.92.